The van der Waals surface area contributed by atoms with Crippen LogP contribution in [0.3, 0.4) is 0 Å². The summed E-state index contributed by atoms with van der Waals surface area (Å²) in [4.78, 5) is 0. The van der Waals surface area contributed by atoms with E-state index in [1.165, 1.54) is 12.1 Å². The molecule has 0 aliphatic rings. The summed E-state index contributed by atoms with van der Waals surface area (Å²) in [6.45, 7) is 10.9. The smallest absolute Gasteiger partial charge is 0.173 e. The molecule has 0 heterocycles. The quantitative estimate of drug-likeness (QED) is 0.571. The van der Waals surface area contributed by atoms with Crippen molar-refractivity contribution in [1.29, 1.82) is 0 Å². The molecule has 2 nitrogen and oxygen atoms in total. The van der Waals surface area contributed by atoms with Crippen molar-refractivity contribution in [2.24, 2.45) is 0 Å². The maximum Gasteiger partial charge on any atom is 0.173 e. The van der Waals surface area contributed by atoms with Crippen LogP contribution in [0.5, 0.6) is 0 Å². The van der Waals surface area contributed by atoms with Crippen LogP contribution in [0.15, 0.2) is 0 Å². The molecule has 0 N–H and O–H groups in total. The highest BCUT2D eigenvalue weighted by atomic mass is 28.3. The second kappa shape index (κ2) is 9.89. The second-order valence-corrected chi connectivity index (χ2v) is 9.00. The van der Waals surface area contributed by atoms with Crippen LogP contribution in [-0.4, -0.2) is 31.3 Å². The fourth-order valence-corrected chi connectivity index (χ4v) is 6.64. The summed E-state index contributed by atoms with van der Waals surface area (Å²) >= 11 is 0. The maximum absolute atomic E-state index is 5.75. The molecule has 2 atom stereocenters. The molecule has 86 valence electrons. The molecule has 0 aromatic carbocycles. The topological polar surface area (TPSA) is 18.5 Å². The maximum atomic E-state index is 5.75. The van der Waals surface area contributed by atoms with Crippen molar-refractivity contribution >= 4 is 18.1 Å². The number of rotatable bonds is 9. The van der Waals surface area contributed by atoms with Gasteiger partial charge in [0.1, 0.15) is 0 Å². The van der Waals surface area contributed by atoms with E-state index in [0.29, 0.717) is 0 Å². The lowest BCUT2D eigenvalue weighted by atomic mass is 10.5. The van der Waals surface area contributed by atoms with E-state index in [1.54, 1.807) is 0 Å². The highest BCUT2D eigenvalue weighted by Crippen LogP contribution is 2.06. The average molecular weight is 234 g/mol. The molecule has 0 amide bonds. The Morgan fingerprint density at radius 3 is 1.43 bits per heavy atom. The Kier molecular flexibility index (Phi) is 10.1. The zero-order chi connectivity index (χ0) is 10.8. The molecular formula is C10H26O2Si2. The normalized spacial score (nSPS) is 15.4. The lowest BCUT2D eigenvalue weighted by molar-refractivity contribution is 0.315. The van der Waals surface area contributed by atoms with E-state index in [0.717, 1.165) is 26.1 Å². The van der Waals surface area contributed by atoms with Crippen LogP contribution in [0, 0.1) is 0 Å². The minimum Gasteiger partial charge on any atom is -0.420 e. The van der Waals surface area contributed by atoms with Gasteiger partial charge in [-0.2, -0.15) is 0 Å². The van der Waals surface area contributed by atoms with E-state index in [-0.39, 0.29) is 0 Å². The minimum absolute atomic E-state index is 0.855. The number of hydrogen-bond acceptors (Lipinski definition) is 2. The lowest BCUT2D eigenvalue weighted by Crippen LogP contribution is -2.19. The van der Waals surface area contributed by atoms with Gasteiger partial charge in [-0.15, -0.1) is 0 Å². The van der Waals surface area contributed by atoms with Gasteiger partial charge >= 0.3 is 0 Å². The van der Waals surface area contributed by atoms with Gasteiger partial charge in [-0.25, -0.2) is 0 Å². The molecule has 0 spiro atoms. The van der Waals surface area contributed by atoms with Gasteiger partial charge in [-0.05, 0) is 38.0 Å². The summed E-state index contributed by atoms with van der Waals surface area (Å²) in [5.74, 6) is 0. The zero-order valence-corrected chi connectivity index (χ0v) is 12.5. The van der Waals surface area contributed by atoms with Crippen LogP contribution in [0.1, 0.15) is 26.7 Å². The largest absolute Gasteiger partial charge is 0.420 e. The number of hydrogen-bond donors (Lipinski definition) is 0. The van der Waals surface area contributed by atoms with E-state index >= 15 is 0 Å². The van der Waals surface area contributed by atoms with E-state index in [1.807, 2.05) is 0 Å². The summed E-state index contributed by atoms with van der Waals surface area (Å²) in [5.41, 5.74) is 0. The third-order valence-corrected chi connectivity index (χ3v) is 6.76. The van der Waals surface area contributed by atoms with Gasteiger partial charge in [0.15, 0.2) is 18.1 Å². The summed E-state index contributed by atoms with van der Waals surface area (Å²) in [5, 5.41) is 0. The molecule has 0 saturated heterocycles. The molecule has 0 fully saturated rings. The van der Waals surface area contributed by atoms with Crippen LogP contribution >= 0.6 is 0 Å². The van der Waals surface area contributed by atoms with Crippen molar-refractivity contribution < 1.29 is 8.85 Å². The molecule has 0 bridgehead atoms. The summed E-state index contributed by atoms with van der Waals surface area (Å²) in [7, 11) is -1.71. The van der Waals surface area contributed by atoms with E-state index in [2.05, 4.69) is 26.9 Å². The Balaban J connectivity index is 3.31. The Morgan fingerprint density at radius 2 is 1.14 bits per heavy atom. The highest BCUT2D eigenvalue weighted by Gasteiger charge is 2.09. The first kappa shape index (κ1) is 14.4. The molecule has 14 heavy (non-hydrogen) atoms. The van der Waals surface area contributed by atoms with Crippen molar-refractivity contribution in [1.82, 2.24) is 0 Å². The van der Waals surface area contributed by atoms with Crippen LogP contribution in [0.4, 0.5) is 0 Å². The SMILES string of the molecule is CCCO[SiH](C)CC[SiH](C)OCCC. The molecule has 0 aliphatic carbocycles. The van der Waals surface area contributed by atoms with Gasteiger partial charge in [0.2, 0.25) is 0 Å². The third-order valence-electron chi connectivity index (χ3n) is 2.19. The molecule has 0 saturated carbocycles. The van der Waals surface area contributed by atoms with Gasteiger partial charge in [0.05, 0.1) is 0 Å². The first-order chi connectivity index (χ1) is 6.70. The van der Waals surface area contributed by atoms with Gasteiger partial charge in [0.25, 0.3) is 0 Å². The van der Waals surface area contributed by atoms with E-state index < -0.39 is 18.1 Å². The van der Waals surface area contributed by atoms with Crippen molar-refractivity contribution in [3.63, 3.8) is 0 Å². The fourth-order valence-electron chi connectivity index (χ4n) is 1.27. The first-order valence-corrected chi connectivity index (χ1v) is 10.8. The Labute approximate surface area is 92.5 Å². The summed E-state index contributed by atoms with van der Waals surface area (Å²) in [6.07, 6.45) is 2.30. The fraction of sp³-hybridized carbons (Fsp3) is 1.00. The van der Waals surface area contributed by atoms with Crippen molar-refractivity contribution in [3.8, 4) is 0 Å². The Morgan fingerprint density at radius 1 is 0.786 bits per heavy atom. The molecule has 2 unspecified atom stereocenters. The standard InChI is InChI=1S/C10H26O2Si2/c1-5-7-11-13(3)9-10-14(4)12-8-6-2/h13-14H,5-10H2,1-4H3. The van der Waals surface area contributed by atoms with Crippen LogP contribution in [0.2, 0.25) is 25.2 Å². The van der Waals surface area contributed by atoms with Gasteiger partial charge < -0.3 is 8.85 Å². The van der Waals surface area contributed by atoms with Gasteiger partial charge in [-0.1, -0.05) is 13.8 Å². The zero-order valence-electron chi connectivity index (χ0n) is 10.2. The predicted octanol–water partition coefficient (Wildman–Crippen LogP) is 2.55. The third kappa shape index (κ3) is 8.93. The van der Waals surface area contributed by atoms with Crippen molar-refractivity contribution in [2.45, 2.75) is 51.9 Å². The molecule has 0 aromatic rings. The second-order valence-electron chi connectivity index (χ2n) is 3.94. The summed E-state index contributed by atoms with van der Waals surface area (Å²) in [6, 6.07) is 2.61. The predicted molar refractivity (Wildman–Crippen MR) is 68.1 cm³/mol. The highest BCUT2D eigenvalue weighted by molar-refractivity contribution is 6.56. The van der Waals surface area contributed by atoms with E-state index in [4.69, 9.17) is 8.85 Å². The molecule has 0 rings (SSSR count). The average Bonchev–Trinajstić information content (AvgIpc) is 2.20. The first-order valence-electron chi connectivity index (χ1n) is 5.93. The summed E-state index contributed by atoms with van der Waals surface area (Å²) < 4.78 is 11.5. The van der Waals surface area contributed by atoms with Crippen molar-refractivity contribution in [3.05, 3.63) is 0 Å². The minimum atomic E-state index is -0.855. The van der Waals surface area contributed by atoms with Gasteiger partial charge in [0, 0.05) is 13.2 Å². The Bertz CT molecular complexity index is 109. The lowest BCUT2D eigenvalue weighted by Gasteiger charge is -2.14. The van der Waals surface area contributed by atoms with E-state index in [9.17, 15) is 0 Å². The molecule has 0 aromatic heterocycles. The molecular weight excluding hydrogens is 208 g/mol. The molecule has 0 radical (unpaired) electrons. The molecule has 4 heteroatoms. The Hall–Kier alpha value is 0.354. The molecule has 0 aliphatic heterocycles. The van der Waals surface area contributed by atoms with Gasteiger partial charge in [-0.3, -0.25) is 0 Å². The van der Waals surface area contributed by atoms with Crippen LogP contribution < -0.4 is 0 Å². The van der Waals surface area contributed by atoms with Crippen LogP contribution in [0.25, 0.3) is 0 Å². The monoisotopic (exact) mass is 234 g/mol. The van der Waals surface area contributed by atoms with Crippen molar-refractivity contribution in [2.75, 3.05) is 13.2 Å². The van der Waals surface area contributed by atoms with Crippen LogP contribution in [-0.2, 0) is 8.85 Å².